The number of carbonyl (C=O) groups excluding carboxylic acids is 3. The number of hydrogen-bond acceptors (Lipinski definition) is 10. The first kappa shape index (κ1) is 33.7. The minimum atomic E-state index is -3.95. The van der Waals surface area contributed by atoms with Gasteiger partial charge in [-0.2, -0.15) is 0 Å². The van der Waals surface area contributed by atoms with Crippen LogP contribution in [0, 0.1) is 5.82 Å². The maximum atomic E-state index is 15.9. The van der Waals surface area contributed by atoms with Gasteiger partial charge in [0.25, 0.3) is 5.91 Å². The molecular formula is C33H37FN4O8S. The number of ether oxygens (including phenoxy) is 3. The quantitative estimate of drug-likeness (QED) is 0.230. The predicted octanol–water partition coefficient (Wildman–Crippen LogP) is 4.45. The summed E-state index contributed by atoms with van der Waals surface area (Å²) in [5, 5.41) is 10.6. The monoisotopic (exact) mass is 668 g/mol. The topological polar surface area (TPSA) is 161 Å². The summed E-state index contributed by atoms with van der Waals surface area (Å²) in [6.45, 7) is 3.63. The maximum absolute atomic E-state index is 15.9. The molecule has 4 N–H and O–H groups in total. The van der Waals surface area contributed by atoms with Crippen LogP contribution in [0.5, 0.6) is 11.5 Å². The van der Waals surface area contributed by atoms with Gasteiger partial charge in [-0.1, -0.05) is 12.1 Å². The number of anilines is 2. The summed E-state index contributed by atoms with van der Waals surface area (Å²) in [7, 11) is 0.143. The number of nitrogens with one attached hydrogen (secondary N) is 4. The molecule has 1 fully saturated rings. The molecule has 1 unspecified atom stereocenters. The van der Waals surface area contributed by atoms with Crippen molar-refractivity contribution in [2.24, 2.45) is 0 Å². The van der Waals surface area contributed by atoms with Crippen LogP contribution in [0.1, 0.15) is 59.8 Å². The van der Waals surface area contributed by atoms with Crippen molar-refractivity contribution in [1.29, 1.82) is 0 Å². The number of Topliss-reactive ketones (excluding diaryl/α,β-unsaturated/α-hetero) is 1. The van der Waals surface area contributed by atoms with E-state index >= 15 is 9.18 Å². The van der Waals surface area contributed by atoms with Crippen molar-refractivity contribution in [3.05, 3.63) is 76.6 Å². The zero-order chi connectivity index (χ0) is 34.1. The highest BCUT2D eigenvalue weighted by atomic mass is 32.2. The Morgan fingerprint density at radius 2 is 1.74 bits per heavy atom. The standard InChI is InChI=1S/C33H37FN4O8S/c1-18(2)47(42,43)26-12-9-21(37-32(41)46-5)16-22(26)33(13-6-14-36-33)30(39)29(19-8-11-24(44-3)25(15-19)45-4)38-23-10-7-20-17-35-31(40)27(20)28(23)34/h7-12,15-16,18,29,36,38H,6,13-14,17H2,1-5H3,(H,35,40)(H,37,41)/t29?,33-/m1/s1. The molecule has 1 saturated heterocycles. The Kier molecular flexibility index (Phi) is 9.46. The van der Waals surface area contributed by atoms with Crippen molar-refractivity contribution in [2.75, 3.05) is 38.5 Å². The number of rotatable bonds is 11. The van der Waals surface area contributed by atoms with E-state index in [9.17, 15) is 18.0 Å². The lowest BCUT2D eigenvalue weighted by atomic mass is 9.79. The van der Waals surface area contributed by atoms with Crippen LogP contribution in [0.4, 0.5) is 20.6 Å². The highest BCUT2D eigenvalue weighted by molar-refractivity contribution is 7.92. The van der Waals surface area contributed by atoms with E-state index in [1.807, 2.05) is 0 Å². The molecule has 2 atom stereocenters. The van der Waals surface area contributed by atoms with Crippen molar-refractivity contribution in [3.8, 4) is 11.5 Å². The second-order valence-electron chi connectivity index (χ2n) is 11.6. The van der Waals surface area contributed by atoms with Gasteiger partial charge in [-0.15, -0.1) is 0 Å². The average Bonchev–Trinajstić information content (AvgIpc) is 3.72. The summed E-state index contributed by atoms with van der Waals surface area (Å²) >= 11 is 0. The van der Waals surface area contributed by atoms with Crippen LogP contribution in [0.25, 0.3) is 0 Å². The van der Waals surface area contributed by atoms with Crippen LogP contribution >= 0.6 is 0 Å². The number of carbonyl (C=O) groups is 3. The van der Waals surface area contributed by atoms with Gasteiger partial charge in [0.15, 0.2) is 32.9 Å². The summed E-state index contributed by atoms with van der Waals surface area (Å²) in [4.78, 5) is 39.7. The molecule has 47 heavy (non-hydrogen) atoms. The van der Waals surface area contributed by atoms with E-state index in [2.05, 4.69) is 21.3 Å². The van der Waals surface area contributed by atoms with Gasteiger partial charge < -0.3 is 30.2 Å². The van der Waals surface area contributed by atoms with E-state index in [0.29, 0.717) is 35.6 Å². The third-order valence-corrected chi connectivity index (χ3v) is 10.8. The second kappa shape index (κ2) is 13.2. The molecule has 0 spiro atoms. The van der Waals surface area contributed by atoms with Crippen molar-refractivity contribution >= 4 is 39.0 Å². The molecule has 0 bridgehead atoms. The highest BCUT2D eigenvalue weighted by Gasteiger charge is 2.49. The molecular weight excluding hydrogens is 631 g/mol. The summed E-state index contributed by atoms with van der Waals surface area (Å²) in [5.41, 5.74) is -0.639. The molecule has 12 nitrogen and oxygen atoms in total. The zero-order valence-electron chi connectivity index (χ0n) is 26.7. The number of benzene rings is 3. The largest absolute Gasteiger partial charge is 0.493 e. The second-order valence-corrected chi connectivity index (χ2v) is 14.0. The number of sulfone groups is 1. The Labute approximate surface area is 272 Å². The van der Waals surface area contributed by atoms with Crippen LogP contribution in [-0.2, 0) is 31.5 Å². The van der Waals surface area contributed by atoms with E-state index < -0.39 is 50.3 Å². The van der Waals surface area contributed by atoms with Crippen LogP contribution in [0.2, 0.25) is 0 Å². The molecule has 3 aromatic carbocycles. The van der Waals surface area contributed by atoms with E-state index in [-0.39, 0.29) is 40.4 Å². The van der Waals surface area contributed by atoms with Crippen LogP contribution in [0.3, 0.4) is 0 Å². The molecule has 2 heterocycles. The fraction of sp³-hybridized carbons (Fsp3) is 0.364. The van der Waals surface area contributed by atoms with Crippen LogP contribution < -0.4 is 30.7 Å². The lowest BCUT2D eigenvalue weighted by Crippen LogP contribution is -2.49. The highest BCUT2D eigenvalue weighted by Crippen LogP contribution is 2.43. The number of ketones is 1. The van der Waals surface area contributed by atoms with E-state index in [4.69, 9.17) is 14.2 Å². The summed E-state index contributed by atoms with van der Waals surface area (Å²) < 4.78 is 59.0. The zero-order valence-corrected chi connectivity index (χ0v) is 27.5. The fourth-order valence-electron chi connectivity index (χ4n) is 6.05. The van der Waals surface area contributed by atoms with Crippen molar-refractivity contribution < 1.29 is 41.4 Å². The van der Waals surface area contributed by atoms with Crippen LogP contribution in [0.15, 0.2) is 53.4 Å². The average molecular weight is 669 g/mol. The van der Waals surface area contributed by atoms with Crippen LogP contribution in [-0.4, -0.2) is 59.3 Å². The molecule has 2 aliphatic heterocycles. The molecule has 5 rings (SSSR count). The third-order valence-electron chi connectivity index (χ3n) is 8.57. The Balaban J connectivity index is 1.73. The lowest BCUT2D eigenvalue weighted by Gasteiger charge is -2.35. The number of hydrogen-bond donors (Lipinski definition) is 4. The van der Waals surface area contributed by atoms with E-state index in [0.717, 1.165) is 0 Å². The van der Waals surface area contributed by atoms with Gasteiger partial charge in [0.1, 0.15) is 11.6 Å². The Hall–Kier alpha value is -4.69. The van der Waals surface area contributed by atoms with E-state index in [1.165, 1.54) is 59.4 Å². The summed E-state index contributed by atoms with van der Waals surface area (Å²) in [6.07, 6.45) is -0.0846. The first-order chi connectivity index (χ1) is 22.4. The number of amides is 2. The SMILES string of the molecule is COC(=O)Nc1ccc(S(=O)(=O)C(C)C)c([C@@]2(C(=O)C(Nc3ccc4c(c3F)C(=O)NC4)c3ccc(OC)c(OC)c3)CCCN2)c1. The summed E-state index contributed by atoms with van der Waals surface area (Å²) in [5.74, 6) is -1.22. The minimum absolute atomic E-state index is 0.0860. The lowest BCUT2D eigenvalue weighted by molar-refractivity contribution is -0.126. The Morgan fingerprint density at radius 3 is 2.38 bits per heavy atom. The number of halogens is 1. The van der Waals surface area contributed by atoms with Gasteiger partial charge in [0.2, 0.25) is 0 Å². The van der Waals surface area contributed by atoms with Gasteiger partial charge in [-0.3, -0.25) is 14.9 Å². The third kappa shape index (κ3) is 6.10. The molecule has 0 aliphatic carbocycles. The molecule has 0 radical (unpaired) electrons. The molecule has 250 valence electrons. The minimum Gasteiger partial charge on any atom is -0.493 e. The normalized spacial score (nSPS) is 17.9. The Bertz CT molecular complexity index is 1840. The van der Waals surface area contributed by atoms with Gasteiger partial charge in [-0.25, -0.2) is 17.6 Å². The molecule has 2 amide bonds. The number of fused-ring (bicyclic) bond motifs is 1. The van der Waals surface area contributed by atoms with Gasteiger partial charge in [0.05, 0.1) is 42.7 Å². The first-order valence-corrected chi connectivity index (χ1v) is 16.5. The maximum Gasteiger partial charge on any atom is 0.411 e. The molecule has 2 aliphatic rings. The molecule has 3 aromatic rings. The number of methoxy groups -OCH3 is 3. The first-order valence-electron chi connectivity index (χ1n) is 15.0. The summed E-state index contributed by atoms with van der Waals surface area (Å²) in [6, 6.07) is 10.8. The van der Waals surface area contributed by atoms with Gasteiger partial charge >= 0.3 is 6.09 Å². The van der Waals surface area contributed by atoms with Crippen molar-refractivity contribution in [1.82, 2.24) is 10.6 Å². The van der Waals surface area contributed by atoms with Crippen molar-refractivity contribution in [2.45, 2.75) is 55.0 Å². The van der Waals surface area contributed by atoms with Gasteiger partial charge in [0, 0.05) is 17.8 Å². The molecule has 0 aromatic heterocycles. The Morgan fingerprint density at radius 1 is 1.00 bits per heavy atom. The smallest absolute Gasteiger partial charge is 0.411 e. The fourth-order valence-corrected chi connectivity index (χ4v) is 7.35. The van der Waals surface area contributed by atoms with Gasteiger partial charge in [-0.05, 0) is 80.8 Å². The molecule has 0 saturated carbocycles. The predicted molar refractivity (Wildman–Crippen MR) is 172 cm³/mol. The van der Waals surface area contributed by atoms with E-state index in [1.54, 1.807) is 24.3 Å². The molecule has 14 heteroatoms. The van der Waals surface area contributed by atoms with Crippen molar-refractivity contribution in [3.63, 3.8) is 0 Å².